The van der Waals surface area contributed by atoms with Gasteiger partial charge in [0, 0.05) is 0 Å². The van der Waals surface area contributed by atoms with Gasteiger partial charge in [0.25, 0.3) is 0 Å². The molecule has 50 valence electrons. The zero-order valence-electron chi connectivity index (χ0n) is 5.52. The fourth-order valence-electron chi connectivity index (χ4n) is 1.10. The van der Waals surface area contributed by atoms with Crippen molar-refractivity contribution in [2.24, 2.45) is 0 Å². The first-order valence-electron chi connectivity index (χ1n) is 3.09. The van der Waals surface area contributed by atoms with E-state index in [-0.39, 0.29) is 0 Å². The van der Waals surface area contributed by atoms with Crippen molar-refractivity contribution in [1.29, 1.82) is 0 Å². The van der Waals surface area contributed by atoms with Crippen molar-refractivity contribution in [2.45, 2.75) is 25.1 Å². The number of aldehydes is 1. The summed E-state index contributed by atoms with van der Waals surface area (Å²) in [6.45, 7) is 0. The molecule has 0 unspecified atom stereocenters. The molecule has 0 spiro atoms. The monoisotopic (exact) mass is 190 g/mol. The van der Waals surface area contributed by atoms with E-state index in [1.807, 2.05) is 0 Å². The van der Waals surface area contributed by atoms with Crippen LogP contribution in [0.3, 0.4) is 0 Å². The third-order valence-electron chi connectivity index (χ3n) is 1.60. The van der Waals surface area contributed by atoms with Crippen LogP contribution >= 0.6 is 0 Å². The van der Waals surface area contributed by atoms with Crippen LogP contribution in [0.1, 0.15) is 19.3 Å². The average Bonchev–Trinajstić information content (AvgIpc) is 2.33. The third-order valence-corrected chi connectivity index (χ3v) is 3.61. The fraction of sp³-hybridized carbons (Fsp3) is 0.571. The van der Waals surface area contributed by atoms with Gasteiger partial charge in [-0.15, -0.1) is 0 Å². The number of hydrogen-bond donors (Lipinski definition) is 0. The van der Waals surface area contributed by atoms with Crippen LogP contribution in [-0.4, -0.2) is 21.2 Å². The van der Waals surface area contributed by atoms with E-state index >= 15 is 0 Å². The molecule has 0 aromatic heterocycles. The molecule has 9 heavy (non-hydrogen) atoms. The molecule has 0 saturated heterocycles. The Labute approximate surface area is 61.7 Å². The van der Waals surface area contributed by atoms with Gasteiger partial charge < -0.3 is 0 Å². The van der Waals surface area contributed by atoms with Crippen molar-refractivity contribution in [3.63, 3.8) is 0 Å². The van der Waals surface area contributed by atoms with Crippen LogP contribution in [0.5, 0.6) is 0 Å². The molecule has 2 heteroatoms. The Kier molecular flexibility index (Phi) is 2.49. The molecule has 0 aromatic rings. The Bertz CT molecular complexity index is 149. The standard InChI is InChI=1S/C7H10OSe/c1-9-7-4-2-3-6(7)5-8/h5H,2-4H2,1H3. The number of hydrogen-bond acceptors (Lipinski definition) is 1. The Balaban J connectivity index is 2.69. The topological polar surface area (TPSA) is 17.1 Å². The molecule has 0 bridgehead atoms. The predicted octanol–water partition coefficient (Wildman–Crippen LogP) is 1.38. The normalized spacial score (nSPS) is 18.8. The summed E-state index contributed by atoms with van der Waals surface area (Å²) in [4.78, 5) is 10.3. The van der Waals surface area contributed by atoms with Gasteiger partial charge >= 0.3 is 61.2 Å². The Hall–Kier alpha value is -0.0705. The number of rotatable bonds is 2. The van der Waals surface area contributed by atoms with Crippen molar-refractivity contribution >= 4 is 21.2 Å². The van der Waals surface area contributed by atoms with Gasteiger partial charge in [-0.3, -0.25) is 0 Å². The number of allylic oxidation sites excluding steroid dienone is 2. The molecule has 1 aliphatic carbocycles. The van der Waals surface area contributed by atoms with Gasteiger partial charge in [0.05, 0.1) is 0 Å². The molecule has 0 heterocycles. The molecule has 1 aliphatic rings. The van der Waals surface area contributed by atoms with Crippen molar-refractivity contribution in [3.05, 3.63) is 10.0 Å². The van der Waals surface area contributed by atoms with Crippen molar-refractivity contribution < 1.29 is 4.79 Å². The molecular formula is C7H10OSe. The van der Waals surface area contributed by atoms with Crippen LogP contribution in [0, 0.1) is 0 Å². The maximum atomic E-state index is 10.3. The summed E-state index contributed by atoms with van der Waals surface area (Å²) >= 11 is 0.576. The minimum atomic E-state index is 0.576. The molecule has 0 atom stereocenters. The van der Waals surface area contributed by atoms with E-state index in [1.165, 1.54) is 17.3 Å². The SMILES string of the molecule is C[Se]C1=C(C=O)CCC1. The van der Waals surface area contributed by atoms with Crippen LogP contribution in [0.15, 0.2) is 10.0 Å². The summed E-state index contributed by atoms with van der Waals surface area (Å²) in [7, 11) is 0. The maximum absolute atomic E-state index is 10.3. The summed E-state index contributed by atoms with van der Waals surface area (Å²) in [6, 6.07) is 0. The first-order chi connectivity index (χ1) is 4.38. The van der Waals surface area contributed by atoms with E-state index in [0.29, 0.717) is 15.0 Å². The van der Waals surface area contributed by atoms with Gasteiger partial charge in [0.2, 0.25) is 0 Å². The first kappa shape index (κ1) is 7.04. The molecule has 0 saturated carbocycles. The summed E-state index contributed by atoms with van der Waals surface area (Å²) in [6.07, 6.45) is 4.46. The molecule has 1 rings (SSSR count). The summed E-state index contributed by atoms with van der Waals surface area (Å²) in [5, 5.41) is 0. The first-order valence-corrected chi connectivity index (χ1v) is 5.66. The molecule has 0 amide bonds. The Morgan fingerprint density at radius 3 is 2.78 bits per heavy atom. The zero-order valence-corrected chi connectivity index (χ0v) is 7.23. The molecule has 0 aliphatic heterocycles. The number of carbonyl (C=O) groups excluding carboxylic acids is 1. The van der Waals surface area contributed by atoms with Gasteiger partial charge in [0.1, 0.15) is 0 Å². The second-order valence-electron chi connectivity index (χ2n) is 2.12. The van der Waals surface area contributed by atoms with E-state index < -0.39 is 0 Å². The minimum absolute atomic E-state index is 0.576. The van der Waals surface area contributed by atoms with E-state index in [0.717, 1.165) is 18.3 Å². The van der Waals surface area contributed by atoms with Crippen molar-refractivity contribution in [3.8, 4) is 0 Å². The van der Waals surface area contributed by atoms with E-state index in [9.17, 15) is 4.79 Å². The van der Waals surface area contributed by atoms with E-state index in [4.69, 9.17) is 0 Å². The summed E-state index contributed by atoms with van der Waals surface area (Å²) in [5.74, 6) is 2.18. The van der Waals surface area contributed by atoms with E-state index in [2.05, 4.69) is 5.82 Å². The molecule has 0 aromatic carbocycles. The quantitative estimate of drug-likeness (QED) is 0.473. The Morgan fingerprint density at radius 1 is 1.56 bits per heavy atom. The molecular weight excluding hydrogens is 179 g/mol. The van der Waals surface area contributed by atoms with Gasteiger partial charge in [-0.25, -0.2) is 0 Å². The second-order valence-corrected chi connectivity index (χ2v) is 4.01. The number of carbonyl (C=O) groups is 1. The van der Waals surface area contributed by atoms with Crippen molar-refractivity contribution in [2.75, 3.05) is 0 Å². The van der Waals surface area contributed by atoms with Gasteiger partial charge in [0.15, 0.2) is 0 Å². The average molecular weight is 189 g/mol. The molecule has 0 radical (unpaired) electrons. The summed E-state index contributed by atoms with van der Waals surface area (Å²) < 4.78 is 1.44. The fourth-order valence-corrected chi connectivity index (χ4v) is 2.69. The van der Waals surface area contributed by atoms with Crippen molar-refractivity contribution in [1.82, 2.24) is 0 Å². The predicted molar refractivity (Wildman–Crippen MR) is 38.6 cm³/mol. The Morgan fingerprint density at radius 2 is 2.33 bits per heavy atom. The molecule has 1 nitrogen and oxygen atoms in total. The molecule has 0 N–H and O–H groups in total. The van der Waals surface area contributed by atoms with Gasteiger partial charge in [-0.1, -0.05) is 0 Å². The van der Waals surface area contributed by atoms with Crippen LogP contribution in [0.25, 0.3) is 0 Å². The van der Waals surface area contributed by atoms with E-state index in [1.54, 1.807) is 0 Å². The third kappa shape index (κ3) is 1.44. The van der Waals surface area contributed by atoms with Crippen LogP contribution in [0.4, 0.5) is 0 Å². The van der Waals surface area contributed by atoms with Gasteiger partial charge in [-0.2, -0.15) is 0 Å². The van der Waals surface area contributed by atoms with Crippen LogP contribution in [-0.2, 0) is 4.79 Å². The zero-order chi connectivity index (χ0) is 6.69. The van der Waals surface area contributed by atoms with Crippen LogP contribution < -0.4 is 0 Å². The van der Waals surface area contributed by atoms with Gasteiger partial charge in [-0.05, 0) is 0 Å². The van der Waals surface area contributed by atoms with Crippen LogP contribution in [0.2, 0.25) is 5.82 Å². The summed E-state index contributed by atoms with van der Waals surface area (Å²) in [5.41, 5.74) is 1.09. The second kappa shape index (κ2) is 3.19. The molecule has 0 fully saturated rings.